The maximum atomic E-state index is 12.3. The quantitative estimate of drug-likeness (QED) is 0.602. The number of hydrazine groups is 1. The molecule has 2 atom stereocenters. The number of likely N-dealkylation sites (tertiary alicyclic amines) is 1. The first-order valence-corrected chi connectivity index (χ1v) is 7.81. The number of carbonyl (C=O) groups is 3. The summed E-state index contributed by atoms with van der Waals surface area (Å²) in [6, 6.07) is 5.34. The third-order valence-electron chi connectivity index (χ3n) is 3.87. The Balaban J connectivity index is 1.92. The van der Waals surface area contributed by atoms with Gasteiger partial charge in [-0.05, 0) is 44.4 Å². The van der Waals surface area contributed by atoms with Crippen molar-refractivity contribution in [3.05, 3.63) is 29.8 Å². The SMILES string of the molecule is Cc1cccc(NNC(=O)C2CCCN2C(=O)N[C@@H](C)C(=O)O)c1. The fourth-order valence-electron chi connectivity index (χ4n) is 2.55. The molecule has 0 aromatic heterocycles. The van der Waals surface area contributed by atoms with Crippen molar-refractivity contribution in [2.75, 3.05) is 12.0 Å². The Labute approximate surface area is 140 Å². The van der Waals surface area contributed by atoms with Crippen LogP contribution in [0.3, 0.4) is 0 Å². The molecule has 2 rings (SSSR count). The number of urea groups is 1. The van der Waals surface area contributed by atoms with Crippen molar-refractivity contribution >= 4 is 23.6 Å². The van der Waals surface area contributed by atoms with Crippen molar-refractivity contribution in [3.63, 3.8) is 0 Å². The fraction of sp³-hybridized carbons (Fsp3) is 0.438. The molecule has 1 aromatic rings. The molecule has 0 aliphatic carbocycles. The van der Waals surface area contributed by atoms with Crippen LogP contribution in [0.15, 0.2) is 24.3 Å². The number of hydrogen-bond acceptors (Lipinski definition) is 4. The minimum Gasteiger partial charge on any atom is -0.480 e. The van der Waals surface area contributed by atoms with E-state index in [0.29, 0.717) is 19.4 Å². The van der Waals surface area contributed by atoms with E-state index in [4.69, 9.17) is 5.11 Å². The molecule has 1 unspecified atom stereocenters. The molecule has 0 radical (unpaired) electrons. The molecular weight excluding hydrogens is 312 g/mol. The molecule has 1 aromatic carbocycles. The van der Waals surface area contributed by atoms with E-state index in [-0.39, 0.29) is 5.91 Å². The molecule has 0 spiro atoms. The Morgan fingerprint density at radius 3 is 2.75 bits per heavy atom. The largest absolute Gasteiger partial charge is 0.480 e. The monoisotopic (exact) mass is 334 g/mol. The second-order valence-corrected chi connectivity index (χ2v) is 5.84. The van der Waals surface area contributed by atoms with Crippen LogP contribution >= 0.6 is 0 Å². The highest BCUT2D eigenvalue weighted by atomic mass is 16.4. The van der Waals surface area contributed by atoms with E-state index >= 15 is 0 Å². The third-order valence-corrected chi connectivity index (χ3v) is 3.87. The molecule has 0 bridgehead atoms. The van der Waals surface area contributed by atoms with Gasteiger partial charge in [0.05, 0.1) is 5.69 Å². The van der Waals surface area contributed by atoms with Gasteiger partial charge in [-0.3, -0.25) is 20.4 Å². The zero-order valence-electron chi connectivity index (χ0n) is 13.7. The lowest BCUT2D eigenvalue weighted by Crippen LogP contribution is -2.53. The van der Waals surface area contributed by atoms with E-state index in [9.17, 15) is 14.4 Å². The lowest BCUT2D eigenvalue weighted by Gasteiger charge is -2.25. The summed E-state index contributed by atoms with van der Waals surface area (Å²) < 4.78 is 0. The fourth-order valence-corrected chi connectivity index (χ4v) is 2.55. The smallest absolute Gasteiger partial charge is 0.325 e. The van der Waals surface area contributed by atoms with Gasteiger partial charge in [0, 0.05) is 6.54 Å². The summed E-state index contributed by atoms with van der Waals surface area (Å²) in [7, 11) is 0. The van der Waals surface area contributed by atoms with Crippen LogP contribution in [0.1, 0.15) is 25.3 Å². The van der Waals surface area contributed by atoms with E-state index in [1.54, 1.807) is 0 Å². The number of carboxylic acids is 1. The van der Waals surface area contributed by atoms with E-state index < -0.39 is 24.1 Å². The second-order valence-electron chi connectivity index (χ2n) is 5.84. The van der Waals surface area contributed by atoms with Gasteiger partial charge in [0.15, 0.2) is 0 Å². The predicted molar refractivity (Wildman–Crippen MR) is 88.3 cm³/mol. The molecule has 0 saturated carbocycles. The van der Waals surface area contributed by atoms with Crippen molar-refractivity contribution in [1.82, 2.24) is 15.6 Å². The Kier molecular flexibility index (Phi) is 5.62. The summed E-state index contributed by atoms with van der Waals surface area (Å²) in [6.07, 6.45) is 1.23. The van der Waals surface area contributed by atoms with Crippen molar-refractivity contribution in [2.45, 2.75) is 38.8 Å². The first-order chi connectivity index (χ1) is 11.4. The minimum atomic E-state index is -1.12. The Bertz CT molecular complexity index is 634. The van der Waals surface area contributed by atoms with Crippen molar-refractivity contribution < 1.29 is 19.5 Å². The van der Waals surface area contributed by atoms with Crippen molar-refractivity contribution in [2.24, 2.45) is 0 Å². The van der Waals surface area contributed by atoms with Gasteiger partial charge < -0.3 is 15.3 Å². The highest BCUT2D eigenvalue weighted by Crippen LogP contribution is 2.18. The van der Waals surface area contributed by atoms with Crippen LogP contribution in [0.2, 0.25) is 0 Å². The Morgan fingerprint density at radius 1 is 1.33 bits per heavy atom. The van der Waals surface area contributed by atoms with Gasteiger partial charge in [0.1, 0.15) is 12.1 Å². The molecule has 1 aliphatic rings. The van der Waals surface area contributed by atoms with Crippen LogP contribution in [0.25, 0.3) is 0 Å². The Hall–Kier alpha value is -2.77. The van der Waals surface area contributed by atoms with Crippen LogP contribution in [0.4, 0.5) is 10.5 Å². The number of aliphatic carboxylic acids is 1. The molecule has 1 aliphatic heterocycles. The number of carbonyl (C=O) groups excluding carboxylic acids is 2. The molecule has 8 nitrogen and oxygen atoms in total. The van der Waals surface area contributed by atoms with Gasteiger partial charge in [-0.25, -0.2) is 4.79 Å². The molecular formula is C16H22N4O4. The number of anilines is 1. The maximum absolute atomic E-state index is 12.3. The molecule has 24 heavy (non-hydrogen) atoms. The number of nitrogens with one attached hydrogen (secondary N) is 3. The number of nitrogens with zero attached hydrogens (tertiary/aromatic N) is 1. The highest BCUT2D eigenvalue weighted by Gasteiger charge is 2.35. The molecule has 3 amide bonds. The summed E-state index contributed by atoms with van der Waals surface area (Å²) in [5.41, 5.74) is 7.23. The maximum Gasteiger partial charge on any atom is 0.325 e. The van der Waals surface area contributed by atoms with Crippen LogP contribution < -0.4 is 16.2 Å². The van der Waals surface area contributed by atoms with Gasteiger partial charge in [-0.2, -0.15) is 0 Å². The lowest BCUT2D eigenvalue weighted by molar-refractivity contribution is -0.138. The topological polar surface area (TPSA) is 111 Å². The first-order valence-electron chi connectivity index (χ1n) is 7.81. The number of benzene rings is 1. The van der Waals surface area contributed by atoms with Gasteiger partial charge in [0.2, 0.25) is 0 Å². The van der Waals surface area contributed by atoms with Gasteiger partial charge in [-0.1, -0.05) is 12.1 Å². The first kappa shape index (κ1) is 17.6. The lowest BCUT2D eigenvalue weighted by atomic mass is 10.2. The summed E-state index contributed by atoms with van der Waals surface area (Å²) in [5.74, 6) is -1.45. The second kappa shape index (κ2) is 7.67. The molecule has 1 saturated heterocycles. The number of rotatable bonds is 5. The molecule has 1 heterocycles. The summed E-state index contributed by atoms with van der Waals surface area (Å²) in [5, 5.41) is 11.2. The third kappa shape index (κ3) is 4.37. The van der Waals surface area contributed by atoms with E-state index in [0.717, 1.165) is 11.3 Å². The summed E-state index contributed by atoms with van der Waals surface area (Å²) >= 11 is 0. The normalized spacial score (nSPS) is 17.9. The number of carboxylic acid groups (broad SMARTS) is 1. The molecule has 130 valence electrons. The van der Waals surface area contributed by atoms with Crippen molar-refractivity contribution in [1.29, 1.82) is 0 Å². The van der Waals surface area contributed by atoms with E-state index in [2.05, 4.69) is 16.2 Å². The minimum absolute atomic E-state index is 0.327. The Morgan fingerprint density at radius 2 is 2.08 bits per heavy atom. The van der Waals surface area contributed by atoms with Crippen LogP contribution in [0.5, 0.6) is 0 Å². The summed E-state index contributed by atoms with van der Waals surface area (Å²) in [6.45, 7) is 3.74. The predicted octanol–water partition coefficient (Wildman–Crippen LogP) is 1.09. The number of hydrogen-bond donors (Lipinski definition) is 4. The molecule has 4 N–H and O–H groups in total. The zero-order chi connectivity index (χ0) is 17.7. The molecule has 1 fully saturated rings. The standard InChI is InChI=1S/C16H22N4O4/c1-10-5-3-6-12(9-10)18-19-14(21)13-7-4-8-20(13)16(24)17-11(2)15(22)23/h3,5-6,9,11,13,18H,4,7-8H2,1-2H3,(H,17,24)(H,19,21)(H,22,23)/t11-,13?/m0/s1. The summed E-state index contributed by atoms with van der Waals surface area (Å²) in [4.78, 5) is 36.7. The van der Waals surface area contributed by atoms with Gasteiger partial charge in [-0.15, -0.1) is 0 Å². The van der Waals surface area contributed by atoms with E-state index in [1.165, 1.54) is 11.8 Å². The van der Waals surface area contributed by atoms with E-state index in [1.807, 2.05) is 31.2 Å². The number of amides is 3. The van der Waals surface area contributed by atoms with Gasteiger partial charge in [0.25, 0.3) is 5.91 Å². The highest BCUT2D eigenvalue weighted by molar-refractivity contribution is 5.89. The van der Waals surface area contributed by atoms with Crippen LogP contribution in [-0.2, 0) is 9.59 Å². The average molecular weight is 334 g/mol. The molecule has 8 heteroatoms. The average Bonchev–Trinajstić information content (AvgIpc) is 3.02. The van der Waals surface area contributed by atoms with Gasteiger partial charge >= 0.3 is 12.0 Å². The zero-order valence-corrected chi connectivity index (χ0v) is 13.7. The van der Waals surface area contributed by atoms with Crippen molar-refractivity contribution in [3.8, 4) is 0 Å². The van der Waals surface area contributed by atoms with Crippen LogP contribution in [0, 0.1) is 6.92 Å². The number of aryl methyl sites for hydroxylation is 1. The van der Waals surface area contributed by atoms with Crippen LogP contribution in [-0.4, -0.2) is 46.5 Å².